The van der Waals surface area contributed by atoms with Gasteiger partial charge in [-0.1, -0.05) is 111 Å². The molecule has 14 nitrogen and oxygen atoms in total. The minimum atomic E-state index is -0.590. The number of amides is 6. The van der Waals surface area contributed by atoms with E-state index in [1.807, 2.05) is 92.4 Å². The summed E-state index contributed by atoms with van der Waals surface area (Å²) in [5.41, 5.74) is 3.30. The normalized spacial score (nSPS) is 19.2. The zero-order valence-corrected chi connectivity index (χ0v) is 43.9. The van der Waals surface area contributed by atoms with E-state index in [2.05, 4.69) is 45.5 Å². The molecule has 4 aromatic carbocycles. The number of nitrogens with zero attached hydrogens (tertiary/aromatic N) is 4. The fourth-order valence-corrected chi connectivity index (χ4v) is 12.2. The molecule has 4 aromatic rings. The van der Waals surface area contributed by atoms with Crippen molar-refractivity contribution in [3.8, 4) is 0 Å². The molecule has 4 unspecified atom stereocenters. The van der Waals surface area contributed by atoms with Gasteiger partial charge in [0.05, 0.1) is 13.1 Å². The lowest BCUT2D eigenvalue weighted by Gasteiger charge is -2.36. The molecule has 4 fully saturated rings. The van der Waals surface area contributed by atoms with Gasteiger partial charge in [-0.05, 0) is 136 Å². The van der Waals surface area contributed by atoms with Crippen LogP contribution in [0.15, 0.2) is 97.1 Å². The van der Waals surface area contributed by atoms with Crippen LogP contribution in [0.2, 0.25) is 0 Å². The Morgan fingerprint density at radius 2 is 0.892 bits per heavy atom. The van der Waals surface area contributed by atoms with Crippen molar-refractivity contribution in [2.45, 2.75) is 127 Å². The molecule has 396 valence electrons. The highest BCUT2D eigenvalue weighted by Gasteiger charge is 2.41. The van der Waals surface area contributed by atoms with Crippen LogP contribution in [0.1, 0.15) is 122 Å². The second-order valence-corrected chi connectivity index (χ2v) is 21.4. The summed E-state index contributed by atoms with van der Waals surface area (Å²) in [5.74, 6) is -0.530. The molecule has 4 atom stereocenters. The van der Waals surface area contributed by atoms with E-state index in [-0.39, 0.29) is 72.5 Å². The van der Waals surface area contributed by atoms with E-state index >= 15 is 0 Å². The highest BCUT2D eigenvalue weighted by Crippen LogP contribution is 2.32. The van der Waals surface area contributed by atoms with Gasteiger partial charge in [-0.15, -0.1) is 0 Å². The molecule has 2 aliphatic heterocycles. The molecule has 2 aliphatic carbocycles. The number of hydrogen-bond donors (Lipinski definition) is 4. The van der Waals surface area contributed by atoms with E-state index in [9.17, 15) is 28.8 Å². The molecular formula is C60H80N8O6. The van der Waals surface area contributed by atoms with Crippen LogP contribution in [0.25, 0.3) is 10.8 Å². The topological polar surface area (TPSA) is 163 Å². The Morgan fingerprint density at radius 1 is 0.500 bits per heavy atom. The predicted molar refractivity (Wildman–Crippen MR) is 290 cm³/mol. The fraction of sp³-hybridized carbons (Fsp3) is 0.533. The number of likely N-dealkylation sites (tertiary alicyclic amines) is 2. The molecule has 8 rings (SSSR count). The molecule has 0 bridgehead atoms. The Bertz CT molecular complexity index is 2340. The number of carbonyl (C=O) groups excluding carboxylic acids is 6. The summed E-state index contributed by atoms with van der Waals surface area (Å²) >= 11 is 0. The second kappa shape index (κ2) is 26.9. The highest BCUT2D eigenvalue weighted by molar-refractivity contribution is 6.02. The van der Waals surface area contributed by atoms with E-state index < -0.39 is 12.1 Å². The number of likely N-dealkylation sites (N-methyl/N-ethyl adjacent to an activating group) is 2. The highest BCUT2D eigenvalue weighted by atomic mass is 16.2. The molecule has 14 heteroatoms. The standard InChI is InChI=1S/C60H80N8O6/c1-61-39-53(69)63-55(45-21-11-5-12-22-45)59(73)67-33-15-25-51(67)41-65(35-31-43-17-7-3-8-18-43)57(71)49-29-27-48-38-50(30-28-47(48)37-49)58(72)66(36-32-44-19-9-4-10-20-44)42-52-26-16-34-68(52)60(74)56(64-54(70)40-62-2)46-23-13-6-14-24-46/h3-4,7-10,17-20,27-30,37-38,45-46,51-52,55-56,61-62H,5-6,11-16,21-26,31-36,39-42H2,1-2H3,(H,63,69)(H,64,70). The molecule has 0 aromatic heterocycles. The first-order valence-electron chi connectivity index (χ1n) is 27.8. The Labute approximate surface area is 438 Å². The Morgan fingerprint density at radius 3 is 1.27 bits per heavy atom. The van der Waals surface area contributed by atoms with Crippen molar-refractivity contribution in [1.29, 1.82) is 0 Å². The van der Waals surface area contributed by atoms with Crippen molar-refractivity contribution in [1.82, 2.24) is 40.9 Å². The van der Waals surface area contributed by atoms with E-state index in [4.69, 9.17) is 0 Å². The molecule has 4 aliphatic rings. The molecule has 4 N–H and O–H groups in total. The van der Waals surface area contributed by atoms with Crippen molar-refractivity contribution < 1.29 is 28.8 Å². The molecule has 2 saturated heterocycles. The first-order valence-corrected chi connectivity index (χ1v) is 27.8. The lowest BCUT2D eigenvalue weighted by molar-refractivity contribution is -0.139. The van der Waals surface area contributed by atoms with Crippen molar-refractivity contribution >= 4 is 46.2 Å². The van der Waals surface area contributed by atoms with Crippen LogP contribution in [0.4, 0.5) is 0 Å². The lowest BCUT2D eigenvalue weighted by atomic mass is 9.83. The van der Waals surface area contributed by atoms with Crippen LogP contribution in [0.3, 0.4) is 0 Å². The molecule has 6 amide bonds. The third kappa shape index (κ3) is 14.2. The van der Waals surface area contributed by atoms with Gasteiger partial charge in [0, 0.05) is 62.5 Å². The number of fused-ring (bicyclic) bond motifs is 1. The minimum absolute atomic E-state index is 0.0443. The molecule has 0 radical (unpaired) electrons. The van der Waals surface area contributed by atoms with Crippen LogP contribution in [0, 0.1) is 11.8 Å². The maximum absolute atomic E-state index is 14.8. The largest absolute Gasteiger partial charge is 0.343 e. The molecular weight excluding hydrogens is 929 g/mol. The number of carbonyl (C=O) groups is 6. The van der Waals surface area contributed by atoms with Crippen LogP contribution in [-0.2, 0) is 32.0 Å². The van der Waals surface area contributed by atoms with Gasteiger partial charge in [0.2, 0.25) is 23.6 Å². The zero-order valence-electron chi connectivity index (χ0n) is 43.9. The number of hydrogen-bond acceptors (Lipinski definition) is 8. The Kier molecular flexibility index (Phi) is 19.7. The third-order valence-corrected chi connectivity index (χ3v) is 16.2. The SMILES string of the molecule is CNCC(=O)NC(C(=O)N1CCCC1CN(CCc1ccccc1)C(=O)c1ccc2cc(C(=O)N(CCc3ccccc3)CC3CCCN3C(=O)C(NC(=O)CNC)C3CCCCC3)ccc2c1)C1CCCCC1. The lowest BCUT2D eigenvalue weighted by Crippen LogP contribution is -2.56. The van der Waals surface area contributed by atoms with Gasteiger partial charge in [-0.25, -0.2) is 0 Å². The van der Waals surface area contributed by atoms with E-state index in [1.165, 1.54) is 0 Å². The van der Waals surface area contributed by atoms with Gasteiger partial charge >= 0.3 is 0 Å². The van der Waals surface area contributed by atoms with E-state index in [1.54, 1.807) is 14.1 Å². The summed E-state index contributed by atoms with van der Waals surface area (Å²) in [6.07, 6.45) is 14.6. The van der Waals surface area contributed by atoms with Crippen molar-refractivity contribution in [3.05, 3.63) is 119 Å². The van der Waals surface area contributed by atoms with Gasteiger partial charge in [0.1, 0.15) is 12.1 Å². The van der Waals surface area contributed by atoms with Crippen molar-refractivity contribution in [2.24, 2.45) is 11.8 Å². The third-order valence-electron chi connectivity index (χ3n) is 16.2. The summed E-state index contributed by atoms with van der Waals surface area (Å²) in [5, 5.41) is 13.7. The maximum Gasteiger partial charge on any atom is 0.253 e. The summed E-state index contributed by atoms with van der Waals surface area (Å²) in [6, 6.07) is 30.0. The van der Waals surface area contributed by atoms with Crippen molar-refractivity contribution in [2.75, 3.05) is 66.5 Å². The Balaban J connectivity index is 1.01. The number of rotatable bonds is 22. The van der Waals surface area contributed by atoms with Gasteiger partial charge in [0.15, 0.2) is 0 Å². The number of nitrogens with one attached hydrogen (secondary N) is 4. The molecule has 74 heavy (non-hydrogen) atoms. The summed E-state index contributed by atoms with van der Waals surface area (Å²) in [7, 11) is 3.46. The van der Waals surface area contributed by atoms with Crippen LogP contribution < -0.4 is 21.3 Å². The number of benzene rings is 4. The van der Waals surface area contributed by atoms with E-state index in [0.717, 1.165) is 112 Å². The quantitative estimate of drug-likeness (QED) is 0.0672. The first kappa shape index (κ1) is 54.2. The zero-order chi connectivity index (χ0) is 51.8. The van der Waals surface area contributed by atoms with Crippen LogP contribution >= 0.6 is 0 Å². The van der Waals surface area contributed by atoms with E-state index in [0.29, 0.717) is 63.2 Å². The van der Waals surface area contributed by atoms with Gasteiger partial charge < -0.3 is 40.9 Å². The van der Waals surface area contributed by atoms with Crippen LogP contribution in [0.5, 0.6) is 0 Å². The Hall–Kier alpha value is -6.12. The maximum atomic E-state index is 14.8. The smallest absolute Gasteiger partial charge is 0.253 e. The van der Waals surface area contributed by atoms with Gasteiger partial charge in [-0.3, -0.25) is 28.8 Å². The predicted octanol–water partition coefficient (Wildman–Crippen LogP) is 6.76. The summed E-state index contributed by atoms with van der Waals surface area (Å²) in [4.78, 5) is 92.3. The molecule has 2 saturated carbocycles. The van der Waals surface area contributed by atoms with Crippen LogP contribution in [-0.4, -0.2) is 146 Å². The summed E-state index contributed by atoms with van der Waals surface area (Å²) < 4.78 is 0. The molecule has 2 heterocycles. The summed E-state index contributed by atoms with van der Waals surface area (Å²) in [6.45, 7) is 3.14. The van der Waals surface area contributed by atoms with Crippen molar-refractivity contribution in [3.63, 3.8) is 0 Å². The molecule has 0 spiro atoms. The first-order chi connectivity index (χ1) is 36.1. The fourth-order valence-electron chi connectivity index (χ4n) is 12.2. The average Bonchev–Trinajstić information content (AvgIpc) is 4.12. The second-order valence-electron chi connectivity index (χ2n) is 21.4. The monoisotopic (exact) mass is 1010 g/mol. The minimum Gasteiger partial charge on any atom is -0.343 e. The van der Waals surface area contributed by atoms with Gasteiger partial charge in [0.25, 0.3) is 11.8 Å². The average molecular weight is 1010 g/mol. The van der Waals surface area contributed by atoms with Gasteiger partial charge in [-0.2, -0.15) is 0 Å².